The highest BCUT2D eigenvalue weighted by atomic mass is 16.3. The summed E-state index contributed by atoms with van der Waals surface area (Å²) in [6.45, 7) is 0. The van der Waals surface area contributed by atoms with Crippen molar-refractivity contribution in [3.8, 4) is 16.8 Å². The highest BCUT2D eigenvalue weighted by Gasteiger charge is 2.17. The van der Waals surface area contributed by atoms with E-state index in [9.17, 15) is 0 Å². The monoisotopic (exact) mass is 626 g/mol. The van der Waals surface area contributed by atoms with Crippen LogP contribution in [-0.4, -0.2) is 4.57 Å². The standard InChI is InChI=1S/C46H30N2O/c1-3-13-35(14-4-1)47(37-22-19-31-11-7-8-12-32(31)27-37)38-23-26-45-42(30-38)40-24-20-34(29-46(40)49-45)33-21-25-44-41(28-33)39-17-9-10-18-43(39)48(44)36-15-5-2-6-16-36/h1-30H. The van der Waals surface area contributed by atoms with E-state index in [0.717, 1.165) is 55.8 Å². The number of hydrogen-bond donors (Lipinski definition) is 0. The van der Waals surface area contributed by atoms with Crippen LogP contribution in [0.25, 0.3) is 71.3 Å². The Kier molecular flexibility index (Phi) is 6.18. The molecule has 0 fully saturated rings. The summed E-state index contributed by atoms with van der Waals surface area (Å²) in [4.78, 5) is 2.32. The summed E-state index contributed by atoms with van der Waals surface area (Å²) in [5, 5.41) is 7.13. The zero-order chi connectivity index (χ0) is 32.3. The second-order valence-corrected chi connectivity index (χ2v) is 12.6. The molecule has 3 nitrogen and oxygen atoms in total. The van der Waals surface area contributed by atoms with Crippen molar-refractivity contribution in [1.29, 1.82) is 0 Å². The van der Waals surface area contributed by atoms with Gasteiger partial charge in [-0.1, -0.05) is 97.1 Å². The molecule has 0 atom stereocenters. The van der Waals surface area contributed by atoms with Crippen LogP contribution in [0.15, 0.2) is 186 Å². The first kappa shape index (κ1) is 27.5. The first-order chi connectivity index (χ1) is 24.3. The summed E-state index contributed by atoms with van der Waals surface area (Å²) in [5.74, 6) is 0. The maximum Gasteiger partial charge on any atom is 0.136 e. The molecule has 0 N–H and O–H groups in total. The van der Waals surface area contributed by atoms with Crippen molar-refractivity contribution in [2.24, 2.45) is 0 Å². The molecule has 0 radical (unpaired) electrons. The van der Waals surface area contributed by atoms with Crippen LogP contribution in [0.2, 0.25) is 0 Å². The van der Waals surface area contributed by atoms with Gasteiger partial charge in [0, 0.05) is 44.3 Å². The van der Waals surface area contributed by atoms with Gasteiger partial charge in [-0.2, -0.15) is 0 Å². The highest BCUT2D eigenvalue weighted by molar-refractivity contribution is 6.11. The van der Waals surface area contributed by atoms with Gasteiger partial charge in [0.15, 0.2) is 0 Å². The van der Waals surface area contributed by atoms with E-state index in [2.05, 4.69) is 191 Å². The van der Waals surface area contributed by atoms with Crippen molar-refractivity contribution in [2.45, 2.75) is 0 Å². The van der Waals surface area contributed by atoms with Gasteiger partial charge in [0.05, 0.1) is 11.0 Å². The van der Waals surface area contributed by atoms with Crippen LogP contribution in [0.3, 0.4) is 0 Å². The average Bonchev–Trinajstić information content (AvgIpc) is 3.70. The molecule has 0 saturated carbocycles. The fourth-order valence-electron chi connectivity index (χ4n) is 7.43. The average molecular weight is 627 g/mol. The normalized spacial score (nSPS) is 11.7. The molecular formula is C46H30N2O. The van der Waals surface area contributed by atoms with E-state index in [0.29, 0.717) is 0 Å². The van der Waals surface area contributed by atoms with Crippen molar-refractivity contribution in [3.05, 3.63) is 182 Å². The van der Waals surface area contributed by atoms with Gasteiger partial charge in [0.1, 0.15) is 11.2 Å². The van der Waals surface area contributed by atoms with Crippen LogP contribution >= 0.6 is 0 Å². The molecule has 0 aliphatic rings. The molecule has 0 amide bonds. The Bertz CT molecular complexity index is 2830. The molecule has 3 heteroatoms. The van der Waals surface area contributed by atoms with Crippen LogP contribution in [0.5, 0.6) is 0 Å². The Morgan fingerprint density at radius 1 is 0.367 bits per heavy atom. The van der Waals surface area contributed by atoms with Crippen molar-refractivity contribution >= 4 is 71.6 Å². The van der Waals surface area contributed by atoms with Crippen LogP contribution in [-0.2, 0) is 0 Å². The Hall–Kier alpha value is -6.58. The van der Waals surface area contributed by atoms with Crippen LogP contribution in [0.1, 0.15) is 0 Å². The molecule has 0 aliphatic carbocycles. The number of anilines is 3. The molecule has 2 heterocycles. The largest absolute Gasteiger partial charge is 0.456 e. The van der Waals surface area contributed by atoms with E-state index in [1.165, 1.54) is 32.6 Å². The highest BCUT2D eigenvalue weighted by Crippen LogP contribution is 2.41. The molecule has 2 aromatic heterocycles. The predicted molar refractivity (Wildman–Crippen MR) is 206 cm³/mol. The molecule has 0 spiro atoms. The molecular weight excluding hydrogens is 597 g/mol. The lowest BCUT2D eigenvalue weighted by molar-refractivity contribution is 0.669. The van der Waals surface area contributed by atoms with E-state index in [4.69, 9.17) is 4.42 Å². The third kappa shape index (κ3) is 4.51. The van der Waals surface area contributed by atoms with Crippen molar-refractivity contribution in [2.75, 3.05) is 4.90 Å². The molecule has 230 valence electrons. The fraction of sp³-hybridized carbons (Fsp3) is 0. The number of benzene rings is 8. The minimum Gasteiger partial charge on any atom is -0.456 e. The zero-order valence-electron chi connectivity index (χ0n) is 26.6. The number of para-hydroxylation sites is 3. The van der Waals surface area contributed by atoms with Crippen LogP contribution in [0.4, 0.5) is 17.1 Å². The zero-order valence-corrected chi connectivity index (χ0v) is 26.6. The third-order valence-corrected chi connectivity index (χ3v) is 9.74. The number of nitrogens with zero attached hydrogens (tertiary/aromatic N) is 2. The summed E-state index contributed by atoms with van der Waals surface area (Å²) in [6.07, 6.45) is 0. The minimum absolute atomic E-state index is 0.879. The van der Waals surface area contributed by atoms with Crippen molar-refractivity contribution in [3.63, 3.8) is 0 Å². The minimum atomic E-state index is 0.879. The first-order valence-corrected chi connectivity index (χ1v) is 16.7. The molecule has 10 aromatic rings. The Balaban J connectivity index is 1.09. The SMILES string of the molecule is c1ccc(N(c2ccc3ccccc3c2)c2ccc3oc4cc(-c5ccc6c(c5)c5ccccc5n6-c5ccccc5)ccc4c3c2)cc1. The second kappa shape index (κ2) is 11.0. The molecule has 10 rings (SSSR count). The summed E-state index contributed by atoms with van der Waals surface area (Å²) < 4.78 is 8.87. The van der Waals surface area contributed by atoms with E-state index in [-0.39, 0.29) is 0 Å². The molecule has 0 unspecified atom stereocenters. The summed E-state index contributed by atoms with van der Waals surface area (Å²) in [7, 11) is 0. The third-order valence-electron chi connectivity index (χ3n) is 9.74. The summed E-state index contributed by atoms with van der Waals surface area (Å²) in [6, 6.07) is 64.9. The van der Waals surface area contributed by atoms with E-state index in [1.54, 1.807) is 0 Å². The number of rotatable bonds is 5. The van der Waals surface area contributed by atoms with Gasteiger partial charge in [-0.05, 0) is 107 Å². The van der Waals surface area contributed by atoms with Gasteiger partial charge in [-0.3, -0.25) is 0 Å². The van der Waals surface area contributed by atoms with Crippen LogP contribution < -0.4 is 4.90 Å². The number of hydrogen-bond acceptors (Lipinski definition) is 2. The van der Waals surface area contributed by atoms with Gasteiger partial charge in [-0.15, -0.1) is 0 Å². The Labute approximate surface area is 283 Å². The smallest absolute Gasteiger partial charge is 0.136 e. The van der Waals surface area contributed by atoms with Gasteiger partial charge < -0.3 is 13.9 Å². The summed E-state index contributed by atoms with van der Waals surface area (Å²) in [5.41, 5.74) is 10.9. The topological polar surface area (TPSA) is 21.3 Å². The lowest BCUT2D eigenvalue weighted by Crippen LogP contribution is -2.09. The van der Waals surface area contributed by atoms with Gasteiger partial charge in [0.2, 0.25) is 0 Å². The van der Waals surface area contributed by atoms with Gasteiger partial charge in [0.25, 0.3) is 0 Å². The van der Waals surface area contributed by atoms with Crippen molar-refractivity contribution in [1.82, 2.24) is 4.57 Å². The fourth-order valence-corrected chi connectivity index (χ4v) is 7.43. The molecule has 49 heavy (non-hydrogen) atoms. The Morgan fingerprint density at radius 3 is 1.92 bits per heavy atom. The maximum atomic E-state index is 6.52. The molecule has 0 aliphatic heterocycles. The molecule has 0 saturated heterocycles. The number of fused-ring (bicyclic) bond motifs is 7. The lowest BCUT2D eigenvalue weighted by Gasteiger charge is -2.25. The first-order valence-electron chi connectivity index (χ1n) is 16.7. The van der Waals surface area contributed by atoms with Crippen molar-refractivity contribution < 1.29 is 4.42 Å². The van der Waals surface area contributed by atoms with Crippen LogP contribution in [0, 0.1) is 0 Å². The van der Waals surface area contributed by atoms with E-state index >= 15 is 0 Å². The number of aromatic nitrogens is 1. The quantitative estimate of drug-likeness (QED) is 0.190. The number of furan rings is 1. The van der Waals surface area contributed by atoms with Gasteiger partial charge in [-0.25, -0.2) is 0 Å². The maximum absolute atomic E-state index is 6.52. The summed E-state index contributed by atoms with van der Waals surface area (Å²) >= 11 is 0. The van der Waals surface area contributed by atoms with E-state index in [1.807, 2.05) is 0 Å². The molecule has 0 bridgehead atoms. The van der Waals surface area contributed by atoms with Gasteiger partial charge >= 0.3 is 0 Å². The lowest BCUT2D eigenvalue weighted by atomic mass is 10.0. The Morgan fingerprint density at radius 2 is 1.04 bits per heavy atom. The van der Waals surface area contributed by atoms with E-state index < -0.39 is 0 Å². The second-order valence-electron chi connectivity index (χ2n) is 12.6. The molecule has 8 aromatic carbocycles. The predicted octanol–water partition coefficient (Wildman–Crippen LogP) is 13.0.